The molecule has 1 fully saturated rings. The van der Waals surface area contributed by atoms with E-state index in [2.05, 4.69) is 20.7 Å². The minimum atomic E-state index is 0.356. The molecule has 1 aliphatic rings. The van der Waals surface area contributed by atoms with Crippen LogP contribution in [0.2, 0.25) is 0 Å². The number of ether oxygens (including phenoxy) is 2. The van der Waals surface area contributed by atoms with Crippen molar-refractivity contribution in [3.05, 3.63) is 11.9 Å². The first-order valence-electron chi connectivity index (χ1n) is 6.97. The van der Waals surface area contributed by atoms with Gasteiger partial charge >= 0.3 is 0 Å². The van der Waals surface area contributed by atoms with Gasteiger partial charge in [-0.3, -0.25) is 0 Å². The van der Waals surface area contributed by atoms with Crippen LogP contribution in [0.3, 0.4) is 0 Å². The third kappa shape index (κ3) is 5.28. The van der Waals surface area contributed by atoms with Crippen LogP contribution in [0.15, 0.2) is 6.07 Å². The molecule has 0 saturated heterocycles. The molecule has 0 unspecified atom stereocenters. The Labute approximate surface area is 119 Å². The van der Waals surface area contributed by atoms with Gasteiger partial charge in [0.2, 0.25) is 0 Å². The van der Waals surface area contributed by atoms with Gasteiger partial charge in [0.25, 0.3) is 0 Å². The lowest BCUT2D eigenvalue weighted by atomic mass is 10.4. The Kier molecular flexibility index (Phi) is 5.97. The van der Waals surface area contributed by atoms with Crippen molar-refractivity contribution in [3.8, 4) is 0 Å². The molecule has 7 heteroatoms. The molecule has 1 aromatic rings. The molecule has 112 valence electrons. The van der Waals surface area contributed by atoms with Crippen molar-refractivity contribution in [2.75, 3.05) is 37.6 Å². The predicted molar refractivity (Wildman–Crippen MR) is 77.2 cm³/mol. The van der Waals surface area contributed by atoms with Crippen LogP contribution in [-0.2, 0) is 16.1 Å². The van der Waals surface area contributed by atoms with Crippen LogP contribution in [0, 0.1) is 5.92 Å². The van der Waals surface area contributed by atoms with E-state index in [0.717, 1.165) is 37.9 Å². The SMILES string of the molecule is COCc1nc(NN)cc(NCCCOCC2CC2)n1. The molecule has 0 bridgehead atoms. The van der Waals surface area contributed by atoms with E-state index in [-0.39, 0.29) is 0 Å². The maximum atomic E-state index is 5.58. The Bertz CT molecular complexity index is 412. The lowest BCUT2D eigenvalue weighted by Crippen LogP contribution is -2.13. The lowest BCUT2D eigenvalue weighted by Gasteiger charge is -2.09. The molecule has 7 nitrogen and oxygen atoms in total. The predicted octanol–water partition coefficient (Wildman–Crippen LogP) is 1.14. The third-order valence-electron chi connectivity index (χ3n) is 3.02. The van der Waals surface area contributed by atoms with Gasteiger partial charge in [0.1, 0.15) is 18.2 Å². The maximum Gasteiger partial charge on any atom is 0.158 e. The number of nitrogens with one attached hydrogen (secondary N) is 2. The summed E-state index contributed by atoms with van der Waals surface area (Å²) in [5.74, 6) is 8.10. The van der Waals surface area contributed by atoms with Crippen LogP contribution in [0.25, 0.3) is 0 Å². The number of hydrogen-bond donors (Lipinski definition) is 3. The Hall–Kier alpha value is -1.44. The van der Waals surface area contributed by atoms with E-state index in [9.17, 15) is 0 Å². The summed E-state index contributed by atoms with van der Waals surface area (Å²) in [6.07, 6.45) is 3.61. The number of nitrogens with two attached hydrogens (primary N) is 1. The van der Waals surface area contributed by atoms with E-state index in [1.807, 2.05) is 0 Å². The fourth-order valence-corrected chi connectivity index (χ4v) is 1.78. The summed E-state index contributed by atoms with van der Waals surface area (Å²) in [6, 6.07) is 1.77. The number of hydrazine groups is 1. The van der Waals surface area contributed by atoms with Gasteiger partial charge in [0, 0.05) is 32.9 Å². The third-order valence-corrected chi connectivity index (χ3v) is 3.02. The number of aromatic nitrogens is 2. The van der Waals surface area contributed by atoms with Gasteiger partial charge in [-0.2, -0.15) is 0 Å². The second-order valence-corrected chi connectivity index (χ2v) is 4.93. The van der Waals surface area contributed by atoms with Crippen LogP contribution < -0.4 is 16.6 Å². The smallest absolute Gasteiger partial charge is 0.158 e. The van der Waals surface area contributed by atoms with Gasteiger partial charge in [-0.05, 0) is 25.2 Å². The van der Waals surface area contributed by atoms with Gasteiger partial charge in [-0.15, -0.1) is 0 Å². The summed E-state index contributed by atoms with van der Waals surface area (Å²) in [5.41, 5.74) is 2.52. The van der Waals surface area contributed by atoms with Crippen LogP contribution in [0.4, 0.5) is 11.6 Å². The van der Waals surface area contributed by atoms with E-state index in [1.165, 1.54) is 12.8 Å². The molecule has 2 rings (SSSR count). The first-order chi connectivity index (χ1) is 9.81. The minimum absolute atomic E-state index is 0.356. The summed E-state index contributed by atoms with van der Waals surface area (Å²) >= 11 is 0. The Balaban J connectivity index is 1.71. The van der Waals surface area contributed by atoms with Crippen LogP contribution in [-0.4, -0.2) is 36.8 Å². The first-order valence-corrected chi connectivity index (χ1v) is 6.97. The summed E-state index contributed by atoms with van der Waals surface area (Å²) in [6.45, 7) is 2.85. The van der Waals surface area contributed by atoms with Crippen molar-refractivity contribution < 1.29 is 9.47 Å². The van der Waals surface area contributed by atoms with E-state index in [0.29, 0.717) is 18.2 Å². The Morgan fingerprint density at radius 1 is 1.35 bits per heavy atom. The number of nitrogen functional groups attached to an aromatic ring is 1. The van der Waals surface area contributed by atoms with Gasteiger partial charge in [0.05, 0.1) is 0 Å². The molecule has 0 atom stereocenters. The number of nitrogens with zero attached hydrogens (tertiary/aromatic N) is 2. The maximum absolute atomic E-state index is 5.58. The van der Waals surface area contributed by atoms with Gasteiger partial charge in [-0.25, -0.2) is 15.8 Å². The van der Waals surface area contributed by atoms with E-state index < -0.39 is 0 Å². The fraction of sp³-hybridized carbons (Fsp3) is 0.692. The average Bonchev–Trinajstić information content (AvgIpc) is 3.27. The Morgan fingerprint density at radius 2 is 2.15 bits per heavy atom. The van der Waals surface area contributed by atoms with E-state index >= 15 is 0 Å². The molecule has 0 spiro atoms. The highest BCUT2D eigenvalue weighted by Gasteiger charge is 2.20. The van der Waals surface area contributed by atoms with Crippen molar-refractivity contribution in [1.82, 2.24) is 9.97 Å². The van der Waals surface area contributed by atoms with Crippen LogP contribution in [0.1, 0.15) is 25.1 Å². The van der Waals surface area contributed by atoms with E-state index in [4.69, 9.17) is 15.3 Å². The first kappa shape index (κ1) is 15.0. The molecule has 1 aromatic heterocycles. The standard InChI is InChI=1S/C13H23N5O2/c1-19-9-13-16-11(7-12(17-13)18-14)15-5-2-6-20-8-10-3-4-10/h7,10H,2-6,8-9,14H2,1H3,(H2,15,16,17,18). The zero-order chi connectivity index (χ0) is 14.2. The number of rotatable bonds is 10. The number of hydrogen-bond acceptors (Lipinski definition) is 7. The molecular weight excluding hydrogens is 258 g/mol. The number of methoxy groups -OCH3 is 1. The lowest BCUT2D eigenvalue weighted by molar-refractivity contribution is 0.124. The minimum Gasteiger partial charge on any atom is -0.381 e. The highest BCUT2D eigenvalue weighted by molar-refractivity contribution is 5.46. The monoisotopic (exact) mass is 281 g/mol. The Morgan fingerprint density at radius 3 is 2.85 bits per heavy atom. The second-order valence-electron chi connectivity index (χ2n) is 4.93. The summed E-state index contributed by atoms with van der Waals surface area (Å²) in [4.78, 5) is 8.53. The molecule has 1 aliphatic carbocycles. The largest absolute Gasteiger partial charge is 0.381 e. The molecule has 0 amide bonds. The van der Waals surface area contributed by atoms with Gasteiger partial charge < -0.3 is 20.2 Å². The molecular formula is C13H23N5O2. The normalized spacial score (nSPS) is 14.3. The van der Waals surface area contributed by atoms with Gasteiger partial charge in [-0.1, -0.05) is 0 Å². The average molecular weight is 281 g/mol. The zero-order valence-electron chi connectivity index (χ0n) is 11.9. The second kappa shape index (κ2) is 7.98. The fourth-order valence-electron chi connectivity index (χ4n) is 1.78. The van der Waals surface area contributed by atoms with Crippen LogP contribution in [0.5, 0.6) is 0 Å². The summed E-state index contributed by atoms with van der Waals surface area (Å²) in [7, 11) is 1.61. The summed E-state index contributed by atoms with van der Waals surface area (Å²) < 4.78 is 10.6. The van der Waals surface area contributed by atoms with Crippen molar-refractivity contribution in [2.45, 2.75) is 25.9 Å². The quantitative estimate of drug-likeness (QED) is 0.336. The molecule has 20 heavy (non-hydrogen) atoms. The van der Waals surface area contributed by atoms with Crippen molar-refractivity contribution in [1.29, 1.82) is 0 Å². The van der Waals surface area contributed by atoms with Crippen molar-refractivity contribution in [3.63, 3.8) is 0 Å². The summed E-state index contributed by atoms with van der Waals surface area (Å²) in [5, 5.41) is 3.24. The van der Waals surface area contributed by atoms with Crippen molar-refractivity contribution >= 4 is 11.6 Å². The highest BCUT2D eigenvalue weighted by atomic mass is 16.5. The molecule has 0 aliphatic heterocycles. The molecule has 0 radical (unpaired) electrons. The zero-order valence-corrected chi connectivity index (χ0v) is 11.9. The molecule has 0 aromatic carbocycles. The molecule has 1 heterocycles. The molecule has 1 saturated carbocycles. The van der Waals surface area contributed by atoms with Crippen LogP contribution >= 0.6 is 0 Å². The van der Waals surface area contributed by atoms with Gasteiger partial charge in [0.15, 0.2) is 5.82 Å². The molecule has 4 N–H and O–H groups in total. The topological polar surface area (TPSA) is 94.3 Å². The van der Waals surface area contributed by atoms with Crippen molar-refractivity contribution in [2.24, 2.45) is 11.8 Å². The highest BCUT2D eigenvalue weighted by Crippen LogP contribution is 2.28. The number of anilines is 2. The van der Waals surface area contributed by atoms with E-state index in [1.54, 1.807) is 13.2 Å².